The molecule has 0 aliphatic heterocycles. The monoisotopic (exact) mass is 264 g/mol. The van der Waals surface area contributed by atoms with Gasteiger partial charge >= 0.3 is 12.1 Å². The summed E-state index contributed by atoms with van der Waals surface area (Å²) in [7, 11) is 0. The average molecular weight is 264 g/mol. The maximum atomic E-state index is 11.9. The van der Waals surface area contributed by atoms with Gasteiger partial charge in [0.05, 0.1) is 12.2 Å². The van der Waals surface area contributed by atoms with Gasteiger partial charge in [0.2, 0.25) is 0 Å². The number of hydrogen-bond donors (Lipinski definition) is 1. The van der Waals surface area contributed by atoms with Gasteiger partial charge in [-0.1, -0.05) is 0 Å². The maximum absolute atomic E-state index is 11.9. The Labute approximate surface area is 101 Å². The molecule has 0 spiro atoms. The molecule has 0 saturated carbocycles. The van der Waals surface area contributed by atoms with Crippen LogP contribution in [0.1, 0.15) is 17.3 Å². The molecular weight excluding hydrogens is 253 g/mol. The van der Waals surface area contributed by atoms with E-state index in [-0.39, 0.29) is 17.9 Å². The number of benzene rings is 1. The molecule has 0 amide bonds. The van der Waals surface area contributed by atoms with E-state index in [0.717, 1.165) is 12.1 Å². The number of hydrogen-bond acceptors (Lipinski definition) is 4. The quantitative estimate of drug-likeness (QED) is 0.849. The molecule has 0 bridgehead atoms. The molecule has 100 valence electrons. The molecule has 0 fully saturated rings. The van der Waals surface area contributed by atoms with Crippen LogP contribution in [0.4, 0.5) is 13.2 Å². The highest BCUT2D eigenvalue weighted by Gasteiger charge is 2.29. The summed E-state index contributed by atoms with van der Waals surface area (Å²) >= 11 is 0. The zero-order valence-electron chi connectivity index (χ0n) is 9.45. The number of carbonyl (C=O) groups is 1. The Morgan fingerprint density at radius 3 is 2.56 bits per heavy atom. The fourth-order valence-corrected chi connectivity index (χ4v) is 1.14. The number of alkyl halides is 3. The molecule has 0 aliphatic carbocycles. The van der Waals surface area contributed by atoms with E-state index in [0.29, 0.717) is 0 Å². The van der Waals surface area contributed by atoms with Crippen LogP contribution in [0.5, 0.6) is 11.5 Å². The average Bonchev–Trinajstić information content (AvgIpc) is 2.26. The van der Waals surface area contributed by atoms with Crippen molar-refractivity contribution in [3.05, 3.63) is 23.8 Å². The van der Waals surface area contributed by atoms with Gasteiger partial charge in [0.25, 0.3) is 0 Å². The predicted octanol–water partition coefficient (Wildman–Crippen LogP) is 2.51. The first kappa shape index (κ1) is 14.1. The Bertz CT molecular complexity index is 429. The third kappa shape index (κ3) is 4.15. The van der Waals surface area contributed by atoms with Gasteiger partial charge in [-0.25, -0.2) is 4.79 Å². The molecule has 0 unspecified atom stereocenters. The Hall–Kier alpha value is -1.92. The van der Waals surface area contributed by atoms with E-state index in [2.05, 4.69) is 9.47 Å². The molecular formula is C11H11F3O4. The van der Waals surface area contributed by atoms with Gasteiger partial charge in [0, 0.05) is 0 Å². The summed E-state index contributed by atoms with van der Waals surface area (Å²) in [6.45, 7) is 0.254. The van der Waals surface area contributed by atoms with Crippen LogP contribution in [0.25, 0.3) is 0 Å². The lowest BCUT2D eigenvalue weighted by molar-refractivity contribution is -0.153. The summed E-state index contributed by atoms with van der Waals surface area (Å²) in [5.74, 6) is -1.57. The van der Waals surface area contributed by atoms with E-state index in [1.54, 1.807) is 6.92 Å². The minimum absolute atomic E-state index is 0.0358. The largest absolute Gasteiger partial charge is 0.504 e. The second-order valence-corrected chi connectivity index (χ2v) is 3.31. The molecule has 1 aromatic rings. The number of aromatic hydroxyl groups is 1. The first-order valence-corrected chi connectivity index (χ1v) is 5.03. The van der Waals surface area contributed by atoms with Crippen LogP contribution in [-0.2, 0) is 4.74 Å². The highest BCUT2D eigenvalue weighted by molar-refractivity contribution is 5.90. The third-order valence-electron chi connectivity index (χ3n) is 1.86. The molecule has 4 nitrogen and oxygen atoms in total. The molecule has 0 atom stereocenters. The Morgan fingerprint density at radius 1 is 1.39 bits per heavy atom. The Morgan fingerprint density at radius 2 is 2.06 bits per heavy atom. The Balaban J connectivity index is 2.77. The SMILES string of the molecule is CCOC(=O)c1ccc(OCC(F)(F)F)c(O)c1. The van der Waals surface area contributed by atoms with Crippen molar-refractivity contribution in [3.8, 4) is 11.5 Å². The van der Waals surface area contributed by atoms with E-state index in [1.165, 1.54) is 6.07 Å². The molecule has 1 rings (SSSR count). The number of halogens is 3. The first-order chi connectivity index (χ1) is 8.33. The minimum Gasteiger partial charge on any atom is -0.504 e. The lowest BCUT2D eigenvalue weighted by Gasteiger charge is -2.11. The fourth-order valence-electron chi connectivity index (χ4n) is 1.14. The third-order valence-corrected chi connectivity index (χ3v) is 1.86. The van der Waals surface area contributed by atoms with Gasteiger partial charge in [-0.05, 0) is 25.1 Å². The number of esters is 1. The zero-order chi connectivity index (χ0) is 13.8. The summed E-state index contributed by atoms with van der Waals surface area (Å²) in [4.78, 5) is 11.3. The van der Waals surface area contributed by atoms with Crippen LogP contribution in [-0.4, -0.2) is 30.5 Å². The number of carbonyl (C=O) groups excluding carboxylic acids is 1. The summed E-state index contributed by atoms with van der Waals surface area (Å²) in [6.07, 6.45) is -4.49. The van der Waals surface area contributed by atoms with Crippen LogP contribution < -0.4 is 4.74 Å². The lowest BCUT2D eigenvalue weighted by Crippen LogP contribution is -2.19. The van der Waals surface area contributed by atoms with Crippen molar-refractivity contribution in [2.24, 2.45) is 0 Å². The molecule has 0 saturated heterocycles. The van der Waals surface area contributed by atoms with E-state index >= 15 is 0 Å². The molecule has 1 aromatic carbocycles. The number of rotatable bonds is 4. The minimum atomic E-state index is -4.49. The molecule has 1 N–H and O–H groups in total. The predicted molar refractivity (Wildman–Crippen MR) is 55.6 cm³/mol. The van der Waals surface area contributed by atoms with E-state index in [4.69, 9.17) is 0 Å². The van der Waals surface area contributed by atoms with Gasteiger partial charge < -0.3 is 14.6 Å². The Kier molecular flexibility index (Phi) is 4.41. The van der Waals surface area contributed by atoms with Crippen molar-refractivity contribution in [3.63, 3.8) is 0 Å². The van der Waals surface area contributed by atoms with Gasteiger partial charge in [-0.2, -0.15) is 13.2 Å². The van der Waals surface area contributed by atoms with Crippen LogP contribution >= 0.6 is 0 Å². The van der Waals surface area contributed by atoms with Crippen LogP contribution in [0.3, 0.4) is 0 Å². The van der Waals surface area contributed by atoms with Crippen LogP contribution in [0.15, 0.2) is 18.2 Å². The summed E-state index contributed by atoms with van der Waals surface area (Å²) in [6, 6.07) is 3.28. The zero-order valence-corrected chi connectivity index (χ0v) is 9.45. The number of phenols is 1. The van der Waals surface area contributed by atoms with Crippen LogP contribution in [0, 0.1) is 0 Å². The standard InChI is InChI=1S/C11H11F3O4/c1-2-17-10(16)7-3-4-9(8(15)5-7)18-6-11(12,13)14/h3-5,15H,2,6H2,1H3. The maximum Gasteiger partial charge on any atom is 0.422 e. The van der Waals surface area contributed by atoms with Crippen molar-refractivity contribution in [1.29, 1.82) is 0 Å². The first-order valence-electron chi connectivity index (χ1n) is 5.03. The number of phenolic OH excluding ortho intramolecular Hbond substituents is 1. The van der Waals surface area contributed by atoms with Crippen molar-refractivity contribution in [2.75, 3.05) is 13.2 Å². The number of ether oxygens (including phenoxy) is 2. The van der Waals surface area contributed by atoms with E-state index in [9.17, 15) is 23.1 Å². The van der Waals surface area contributed by atoms with E-state index in [1.807, 2.05) is 0 Å². The topological polar surface area (TPSA) is 55.8 Å². The van der Waals surface area contributed by atoms with Crippen molar-refractivity contribution in [1.82, 2.24) is 0 Å². The molecule has 7 heteroatoms. The molecule has 18 heavy (non-hydrogen) atoms. The van der Waals surface area contributed by atoms with Crippen molar-refractivity contribution < 1.29 is 32.5 Å². The second-order valence-electron chi connectivity index (χ2n) is 3.31. The van der Waals surface area contributed by atoms with Gasteiger partial charge in [0.1, 0.15) is 0 Å². The fraction of sp³-hybridized carbons (Fsp3) is 0.364. The van der Waals surface area contributed by atoms with Gasteiger partial charge in [0.15, 0.2) is 18.1 Å². The van der Waals surface area contributed by atoms with Crippen LogP contribution in [0.2, 0.25) is 0 Å². The summed E-state index contributed by atoms with van der Waals surface area (Å²) in [5.41, 5.74) is 0.0358. The normalized spacial score (nSPS) is 11.1. The second kappa shape index (κ2) is 5.61. The summed E-state index contributed by atoms with van der Waals surface area (Å²) in [5, 5.41) is 9.41. The van der Waals surface area contributed by atoms with Gasteiger partial charge in [-0.3, -0.25) is 0 Å². The van der Waals surface area contributed by atoms with Crippen molar-refractivity contribution in [2.45, 2.75) is 13.1 Å². The highest BCUT2D eigenvalue weighted by Crippen LogP contribution is 2.28. The van der Waals surface area contributed by atoms with Gasteiger partial charge in [-0.15, -0.1) is 0 Å². The highest BCUT2D eigenvalue weighted by atomic mass is 19.4. The smallest absolute Gasteiger partial charge is 0.422 e. The molecule has 0 heterocycles. The van der Waals surface area contributed by atoms with Crippen molar-refractivity contribution >= 4 is 5.97 Å². The molecule has 0 radical (unpaired) electrons. The molecule has 0 aliphatic rings. The lowest BCUT2D eigenvalue weighted by atomic mass is 10.2. The summed E-state index contributed by atoms with van der Waals surface area (Å²) < 4.78 is 44.7. The molecule has 0 aromatic heterocycles. The van der Waals surface area contributed by atoms with E-state index < -0.39 is 24.5 Å².